The Balaban J connectivity index is 1.35. The molecule has 1 amide bonds. The van der Waals surface area contributed by atoms with Crippen LogP contribution < -0.4 is 10.1 Å². The van der Waals surface area contributed by atoms with Crippen molar-refractivity contribution >= 4 is 5.91 Å². The molecule has 3 aromatic rings. The number of aryl methyl sites for hydroxylation is 1. The molecule has 1 aliphatic rings. The first kappa shape index (κ1) is 19.1. The molecule has 1 saturated heterocycles. The van der Waals surface area contributed by atoms with E-state index >= 15 is 0 Å². The van der Waals surface area contributed by atoms with E-state index in [1.54, 1.807) is 18.5 Å². The number of amides is 1. The normalized spacial score (nSPS) is 14.5. The number of carbonyl (C=O) groups is 1. The molecule has 8 heteroatoms. The molecule has 0 atom stereocenters. The van der Waals surface area contributed by atoms with Crippen molar-refractivity contribution in [1.29, 1.82) is 0 Å². The first-order valence-electron chi connectivity index (χ1n) is 9.63. The number of hydrogen-bond acceptors (Lipinski definition) is 6. The van der Waals surface area contributed by atoms with Gasteiger partial charge in [0.05, 0.1) is 25.3 Å². The van der Waals surface area contributed by atoms with Crippen LogP contribution in [0.25, 0.3) is 5.69 Å². The van der Waals surface area contributed by atoms with E-state index in [-0.39, 0.29) is 18.6 Å². The van der Waals surface area contributed by atoms with Crippen molar-refractivity contribution in [1.82, 2.24) is 25.1 Å². The maximum Gasteiger partial charge on any atom is 0.253 e. The zero-order valence-electron chi connectivity index (χ0n) is 16.2. The number of aromatic nitrogens is 4. The summed E-state index contributed by atoms with van der Waals surface area (Å²) in [6.45, 7) is 3.70. The fourth-order valence-corrected chi connectivity index (χ4v) is 3.11. The molecular formula is C21H23N5O3. The second-order valence-corrected chi connectivity index (χ2v) is 6.95. The van der Waals surface area contributed by atoms with Crippen molar-refractivity contribution in [2.45, 2.75) is 32.4 Å². The number of ether oxygens (including phenoxy) is 2. The first-order valence-corrected chi connectivity index (χ1v) is 9.63. The van der Waals surface area contributed by atoms with Gasteiger partial charge in [-0.25, -0.2) is 4.98 Å². The highest BCUT2D eigenvalue weighted by Gasteiger charge is 2.16. The highest BCUT2D eigenvalue weighted by Crippen LogP contribution is 2.16. The fourth-order valence-electron chi connectivity index (χ4n) is 3.11. The van der Waals surface area contributed by atoms with E-state index < -0.39 is 0 Å². The van der Waals surface area contributed by atoms with Crippen molar-refractivity contribution in [3.63, 3.8) is 0 Å². The molecule has 8 nitrogen and oxygen atoms in total. The summed E-state index contributed by atoms with van der Waals surface area (Å²) in [6, 6.07) is 11.5. The average molecular weight is 393 g/mol. The molecule has 1 aliphatic heterocycles. The van der Waals surface area contributed by atoms with Gasteiger partial charge in [-0.3, -0.25) is 9.36 Å². The molecule has 0 unspecified atom stereocenters. The minimum absolute atomic E-state index is 0.115. The van der Waals surface area contributed by atoms with Crippen molar-refractivity contribution in [3.8, 4) is 11.6 Å². The smallest absolute Gasteiger partial charge is 0.253 e. The molecule has 0 spiro atoms. The Morgan fingerprint density at radius 2 is 2.00 bits per heavy atom. The van der Waals surface area contributed by atoms with Crippen molar-refractivity contribution in [2.75, 3.05) is 13.2 Å². The van der Waals surface area contributed by atoms with Crippen LogP contribution in [-0.2, 0) is 11.3 Å². The van der Waals surface area contributed by atoms with Gasteiger partial charge in [-0.15, -0.1) is 10.2 Å². The molecule has 1 fully saturated rings. The van der Waals surface area contributed by atoms with Gasteiger partial charge in [0.1, 0.15) is 12.4 Å². The molecule has 3 heterocycles. The maximum absolute atomic E-state index is 12.5. The Morgan fingerprint density at radius 3 is 2.72 bits per heavy atom. The lowest BCUT2D eigenvalue weighted by Gasteiger charge is -2.22. The molecule has 2 aromatic heterocycles. The van der Waals surface area contributed by atoms with E-state index in [0.717, 1.165) is 18.5 Å². The summed E-state index contributed by atoms with van der Waals surface area (Å²) in [5.74, 6) is 0.941. The lowest BCUT2D eigenvalue weighted by molar-refractivity contribution is 0.0237. The predicted molar refractivity (Wildman–Crippen MR) is 106 cm³/mol. The Hall–Kier alpha value is -3.26. The number of rotatable bonds is 6. The monoisotopic (exact) mass is 393 g/mol. The Kier molecular flexibility index (Phi) is 5.81. The molecule has 0 saturated carbocycles. The van der Waals surface area contributed by atoms with Gasteiger partial charge in [-0.2, -0.15) is 0 Å². The largest absolute Gasteiger partial charge is 0.474 e. The molecule has 150 valence electrons. The van der Waals surface area contributed by atoms with Crippen molar-refractivity contribution < 1.29 is 14.3 Å². The van der Waals surface area contributed by atoms with Gasteiger partial charge in [0.25, 0.3) is 5.91 Å². The van der Waals surface area contributed by atoms with E-state index in [9.17, 15) is 4.79 Å². The van der Waals surface area contributed by atoms with Crippen LogP contribution in [0.2, 0.25) is 0 Å². The molecule has 29 heavy (non-hydrogen) atoms. The van der Waals surface area contributed by atoms with Crippen LogP contribution in [0, 0.1) is 6.92 Å². The van der Waals surface area contributed by atoms with Crippen LogP contribution in [0.15, 0.2) is 48.9 Å². The predicted octanol–water partition coefficient (Wildman–Crippen LogP) is 2.46. The topological polar surface area (TPSA) is 91.2 Å². The van der Waals surface area contributed by atoms with Crippen LogP contribution in [0.4, 0.5) is 0 Å². The van der Waals surface area contributed by atoms with Gasteiger partial charge in [0.2, 0.25) is 5.88 Å². The lowest BCUT2D eigenvalue weighted by Crippen LogP contribution is -2.26. The summed E-state index contributed by atoms with van der Waals surface area (Å²) < 4.78 is 13.0. The van der Waals surface area contributed by atoms with Gasteiger partial charge in [-0.1, -0.05) is 17.7 Å². The van der Waals surface area contributed by atoms with Crippen molar-refractivity contribution in [2.24, 2.45) is 0 Å². The maximum atomic E-state index is 12.5. The number of hydrogen-bond donors (Lipinski definition) is 1. The number of pyridine rings is 1. The Morgan fingerprint density at radius 1 is 1.21 bits per heavy atom. The highest BCUT2D eigenvalue weighted by molar-refractivity contribution is 5.93. The number of carbonyl (C=O) groups excluding carboxylic acids is 1. The third kappa shape index (κ3) is 4.78. The van der Waals surface area contributed by atoms with Gasteiger partial charge < -0.3 is 14.8 Å². The summed E-state index contributed by atoms with van der Waals surface area (Å²) in [5, 5.41) is 10.9. The summed E-state index contributed by atoms with van der Waals surface area (Å²) in [4.78, 5) is 16.7. The summed E-state index contributed by atoms with van der Waals surface area (Å²) in [6.07, 6.45) is 4.98. The molecule has 1 N–H and O–H groups in total. The van der Waals surface area contributed by atoms with Crippen LogP contribution in [0.1, 0.15) is 34.6 Å². The van der Waals surface area contributed by atoms with E-state index in [0.29, 0.717) is 30.5 Å². The van der Waals surface area contributed by atoms with E-state index in [2.05, 4.69) is 20.5 Å². The molecule has 0 radical (unpaired) electrons. The number of nitrogens with one attached hydrogen (secondary N) is 1. The van der Waals surface area contributed by atoms with Crippen molar-refractivity contribution in [3.05, 3.63) is 65.9 Å². The number of benzene rings is 1. The fraction of sp³-hybridized carbons (Fsp3) is 0.333. The third-order valence-corrected chi connectivity index (χ3v) is 4.79. The summed E-state index contributed by atoms with van der Waals surface area (Å²) in [7, 11) is 0. The SMILES string of the molecule is Cc1ccc(-n2cnnc2CNC(=O)c2ccc(OC3CCOCC3)nc2)cc1. The average Bonchev–Trinajstić information content (AvgIpc) is 3.22. The van der Waals surface area contributed by atoms with E-state index in [1.807, 2.05) is 35.8 Å². The van der Waals surface area contributed by atoms with Crippen LogP contribution in [0.3, 0.4) is 0 Å². The Bertz CT molecular complexity index is 947. The third-order valence-electron chi connectivity index (χ3n) is 4.79. The van der Waals surface area contributed by atoms with Gasteiger partial charge >= 0.3 is 0 Å². The Labute approximate surface area is 168 Å². The second-order valence-electron chi connectivity index (χ2n) is 6.95. The van der Waals surface area contributed by atoms with Crippen LogP contribution in [-0.4, -0.2) is 45.0 Å². The molecule has 0 bridgehead atoms. The van der Waals surface area contributed by atoms with E-state index in [4.69, 9.17) is 9.47 Å². The standard InChI is InChI=1S/C21H23N5O3/c1-15-2-5-17(6-3-15)26-14-24-25-19(26)13-23-21(27)16-4-7-20(22-12-16)29-18-8-10-28-11-9-18/h2-7,12,14,18H,8-11,13H2,1H3,(H,23,27). The van der Waals surface area contributed by atoms with Gasteiger partial charge in [-0.05, 0) is 25.1 Å². The molecular weight excluding hydrogens is 370 g/mol. The summed E-state index contributed by atoms with van der Waals surface area (Å²) in [5.41, 5.74) is 2.58. The first-order chi connectivity index (χ1) is 14.2. The second kappa shape index (κ2) is 8.83. The molecule has 0 aliphatic carbocycles. The number of nitrogens with zero attached hydrogens (tertiary/aromatic N) is 4. The molecule has 4 rings (SSSR count). The quantitative estimate of drug-likeness (QED) is 0.692. The van der Waals surface area contributed by atoms with Gasteiger partial charge in [0.15, 0.2) is 5.82 Å². The lowest BCUT2D eigenvalue weighted by atomic mass is 10.1. The van der Waals surface area contributed by atoms with Crippen LogP contribution in [0.5, 0.6) is 5.88 Å². The van der Waals surface area contributed by atoms with Crippen LogP contribution >= 0.6 is 0 Å². The highest BCUT2D eigenvalue weighted by atomic mass is 16.5. The zero-order valence-corrected chi connectivity index (χ0v) is 16.2. The minimum atomic E-state index is -0.228. The summed E-state index contributed by atoms with van der Waals surface area (Å²) >= 11 is 0. The van der Waals surface area contributed by atoms with E-state index in [1.165, 1.54) is 11.8 Å². The minimum Gasteiger partial charge on any atom is -0.474 e. The zero-order chi connectivity index (χ0) is 20.1. The van der Waals surface area contributed by atoms with Gasteiger partial charge in [0, 0.05) is 30.8 Å². The molecule has 1 aromatic carbocycles.